The van der Waals surface area contributed by atoms with Crippen LogP contribution in [0.5, 0.6) is 0 Å². The van der Waals surface area contributed by atoms with Crippen molar-refractivity contribution < 1.29 is 12.4 Å². The Bertz CT molecular complexity index is 2650. The number of benzene rings is 4. The number of hydrogen-bond donors (Lipinski definition) is 2. The molecule has 0 radical (unpaired) electrons. The van der Waals surface area contributed by atoms with Crippen LogP contribution in [0.3, 0.4) is 0 Å². The van der Waals surface area contributed by atoms with E-state index in [2.05, 4.69) is 136 Å². The van der Waals surface area contributed by atoms with Crippen molar-refractivity contribution in [3.63, 3.8) is 0 Å². The van der Waals surface area contributed by atoms with Crippen molar-refractivity contribution >= 4 is 52.1 Å². The van der Waals surface area contributed by atoms with E-state index in [-0.39, 0.29) is 12.4 Å². The van der Waals surface area contributed by atoms with E-state index in [4.69, 9.17) is 9.97 Å². The molecule has 0 fully saturated rings. The van der Waals surface area contributed by atoms with E-state index < -0.39 is 0 Å². The minimum absolute atomic E-state index is 0. The van der Waals surface area contributed by atoms with Crippen LogP contribution in [0.25, 0.3) is 95.9 Å². The Morgan fingerprint density at radius 2 is 0.667 bits per heavy atom. The van der Waals surface area contributed by atoms with Crippen LogP contribution in [0.15, 0.2) is 140 Å². The van der Waals surface area contributed by atoms with Gasteiger partial charge in [0.15, 0.2) is 4.98 Å². The number of hydrogen-bond acceptors (Lipinski definition) is 3. The highest BCUT2D eigenvalue weighted by Crippen LogP contribution is 2.38. The summed E-state index contributed by atoms with van der Waals surface area (Å²) in [4.78, 5) is 21.6. The number of aromatic amines is 2. The van der Waals surface area contributed by atoms with Gasteiger partial charge in [-0.15, -0.1) is 0 Å². The average Bonchev–Trinajstić information content (AvgIpc) is 4.01. The normalized spacial score (nSPS) is 11.6. The molecule has 8 bridgehead atoms. The van der Waals surface area contributed by atoms with Gasteiger partial charge in [-0.25, -0.2) is 9.97 Å². The summed E-state index contributed by atoms with van der Waals surface area (Å²) in [7, 11) is 0. The van der Waals surface area contributed by atoms with E-state index in [9.17, 15) is 5.39 Å². The van der Waals surface area contributed by atoms with Gasteiger partial charge in [-0.3, -0.25) is 0 Å². The molecule has 2 aliphatic rings. The molecule has 0 saturated heterocycles. The van der Waals surface area contributed by atoms with Crippen LogP contribution in [0.1, 0.15) is 22.8 Å². The molecular formula is C44H29ClN6. The quantitative estimate of drug-likeness (QED) is 0.183. The molecule has 7 aromatic rings. The van der Waals surface area contributed by atoms with Crippen molar-refractivity contribution in [1.29, 1.82) is 5.39 Å². The molecule has 2 N–H and O–H groups in total. The van der Waals surface area contributed by atoms with Gasteiger partial charge in [0.05, 0.1) is 22.8 Å². The number of aromatic nitrogens is 4. The molecule has 0 saturated carbocycles. The number of halogens is 1. The van der Waals surface area contributed by atoms with E-state index in [0.29, 0.717) is 5.69 Å². The summed E-state index contributed by atoms with van der Waals surface area (Å²) in [6, 6.07) is 47.2. The monoisotopic (exact) mass is 676 g/mol. The predicted molar refractivity (Wildman–Crippen MR) is 205 cm³/mol. The molecule has 5 heterocycles. The smallest absolute Gasteiger partial charge is 0.385 e. The van der Waals surface area contributed by atoms with Gasteiger partial charge < -0.3 is 22.4 Å². The van der Waals surface area contributed by atoms with Crippen LogP contribution in [0, 0.1) is 5.39 Å². The maximum absolute atomic E-state index is 9.42. The zero-order valence-corrected chi connectivity index (χ0v) is 28.0. The number of rotatable bonds is 4. The third kappa shape index (κ3) is 5.72. The summed E-state index contributed by atoms with van der Waals surface area (Å²) in [5.41, 5.74) is 15.8. The standard InChI is InChI=1S/C44H28N6.ClH/c45-50-32-18-16-31(17-19-32)44-39-26-24-37(48-39)42(29-12-6-2-7-13-29)35-22-20-33(46-35)41(28-10-4-1-5-11-28)34-21-23-36(47-34)43(30-14-8-3-9-15-30)38-25-27-40(44)49-38;/h1-27,45H;1H. The molecule has 9 rings (SSSR count). The summed E-state index contributed by atoms with van der Waals surface area (Å²) in [5, 5.41) is 9.42. The summed E-state index contributed by atoms with van der Waals surface area (Å²) in [5.74, 6) is 0. The fourth-order valence-electron chi connectivity index (χ4n) is 6.93. The van der Waals surface area contributed by atoms with Gasteiger partial charge in [-0.2, -0.15) is 0 Å². The molecule has 51 heavy (non-hydrogen) atoms. The Morgan fingerprint density at radius 1 is 0.373 bits per heavy atom. The number of nitrogens with one attached hydrogen (secondary N) is 2. The largest absolute Gasteiger partial charge is 1.00 e. The number of H-pyrrole nitrogens is 2. The lowest BCUT2D eigenvalue weighted by atomic mass is 10.0. The highest BCUT2D eigenvalue weighted by molar-refractivity contribution is 5.99. The second-order valence-electron chi connectivity index (χ2n) is 12.2. The summed E-state index contributed by atoms with van der Waals surface area (Å²) in [6.45, 7) is 0. The second-order valence-corrected chi connectivity index (χ2v) is 12.2. The maximum atomic E-state index is 9.42. The summed E-state index contributed by atoms with van der Waals surface area (Å²) >= 11 is 0. The first-order chi connectivity index (χ1) is 24.7. The third-order valence-electron chi connectivity index (χ3n) is 9.21. The molecule has 4 aromatic carbocycles. The first-order valence-electron chi connectivity index (χ1n) is 16.5. The lowest BCUT2D eigenvalue weighted by Gasteiger charge is -2.06. The fraction of sp³-hybridized carbons (Fsp3) is 0. The molecule has 0 atom stereocenters. The van der Waals surface area contributed by atoms with Crippen molar-refractivity contribution in [3.8, 4) is 44.5 Å². The van der Waals surface area contributed by atoms with E-state index in [0.717, 1.165) is 89.4 Å². The van der Waals surface area contributed by atoms with Crippen LogP contribution in [0.2, 0.25) is 0 Å². The first-order valence-corrected chi connectivity index (χ1v) is 16.5. The number of diazo groups is 1. The Balaban J connectivity index is 0.00000374. The van der Waals surface area contributed by atoms with Crippen LogP contribution < -0.4 is 12.4 Å². The predicted octanol–water partition coefficient (Wildman–Crippen LogP) is 8.81. The lowest BCUT2D eigenvalue weighted by molar-refractivity contribution is -0.00000981. The SMILES string of the molecule is N#[N+]c1ccc(-c2c3nc(c(-c4ccccc4)c4ccc([nH]4)c(-c4ccccc4)c4nc(c(-c5ccccc5)c5ccc2[nH]5)C=C4)C=C3)cc1.[Cl-]. The Labute approximate surface area is 300 Å². The molecular weight excluding hydrogens is 648 g/mol. The molecule has 0 aliphatic carbocycles. The first kappa shape index (κ1) is 31.5. The zero-order valence-electron chi connectivity index (χ0n) is 27.3. The molecule has 6 nitrogen and oxygen atoms in total. The van der Waals surface area contributed by atoms with Gasteiger partial charge in [0.2, 0.25) is 5.39 Å². The van der Waals surface area contributed by atoms with Crippen LogP contribution in [-0.2, 0) is 0 Å². The minimum atomic E-state index is 0. The highest BCUT2D eigenvalue weighted by Gasteiger charge is 2.19. The summed E-state index contributed by atoms with van der Waals surface area (Å²) < 4.78 is 0. The second kappa shape index (κ2) is 13.2. The van der Waals surface area contributed by atoms with Gasteiger partial charge >= 0.3 is 5.69 Å². The molecule has 0 amide bonds. The fourth-order valence-corrected chi connectivity index (χ4v) is 6.93. The van der Waals surface area contributed by atoms with Crippen LogP contribution in [-0.4, -0.2) is 19.9 Å². The molecule has 0 spiro atoms. The van der Waals surface area contributed by atoms with Crippen molar-refractivity contribution in [2.24, 2.45) is 0 Å². The van der Waals surface area contributed by atoms with Crippen LogP contribution in [0.4, 0.5) is 5.69 Å². The van der Waals surface area contributed by atoms with Crippen LogP contribution >= 0.6 is 0 Å². The average molecular weight is 677 g/mol. The van der Waals surface area contributed by atoms with E-state index in [1.54, 1.807) is 12.1 Å². The van der Waals surface area contributed by atoms with E-state index in [1.165, 1.54) is 0 Å². The molecule has 0 unspecified atom stereocenters. The topological polar surface area (TPSA) is 85.5 Å². The van der Waals surface area contributed by atoms with Gasteiger partial charge in [-0.05, 0) is 83.0 Å². The highest BCUT2D eigenvalue weighted by atomic mass is 35.5. The Kier molecular flexibility index (Phi) is 8.17. The van der Waals surface area contributed by atoms with Gasteiger partial charge in [0.1, 0.15) is 0 Å². The van der Waals surface area contributed by atoms with Crippen molar-refractivity contribution in [1.82, 2.24) is 19.9 Å². The maximum Gasteiger partial charge on any atom is 0.385 e. The summed E-state index contributed by atoms with van der Waals surface area (Å²) in [6.07, 6.45) is 8.39. The lowest BCUT2D eigenvalue weighted by Crippen LogP contribution is -3.00. The number of nitrogens with zero attached hydrogens (tertiary/aromatic N) is 4. The minimum Gasteiger partial charge on any atom is -1.00 e. The zero-order chi connectivity index (χ0) is 33.4. The Morgan fingerprint density at radius 3 is 0.961 bits per heavy atom. The van der Waals surface area contributed by atoms with Crippen molar-refractivity contribution in [2.75, 3.05) is 0 Å². The molecule has 2 aliphatic heterocycles. The number of fused-ring (bicyclic) bond motifs is 8. The Hall–Kier alpha value is -6.81. The third-order valence-corrected chi connectivity index (χ3v) is 9.21. The van der Waals surface area contributed by atoms with Crippen molar-refractivity contribution in [2.45, 2.75) is 0 Å². The molecule has 7 heteroatoms. The van der Waals surface area contributed by atoms with E-state index >= 15 is 0 Å². The molecule has 3 aromatic heterocycles. The van der Waals surface area contributed by atoms with Crippen molar-refractivity contribution in [3.05, 3.63) is 167 Å². The van der Waals surface area contributed by atoms with E-state index in [1.807, 2.05) is 30.3 Å². The van der Waals surface area contributed by atoms with Gasteiger partial charge in [0.25, 0.3) is 0 Å². The molecule has 242 valence electrons. The van der Waals surface area contributed by atoms with Gasteiger partial charge in [-0.1, -0.05) is 91.0 Å². The van der Waals surface area contributed by atoms with Gasteiger partial charge in [0, 0.05) is 56.5 Å².